The van der Waals surface area contributed by atoms with Gasteiger partial charge in [-0.05, 0) is 38.5 Å². The number of hydrogen-bond donors (Lipinski definition) is 4. The molecule has 0 saturated carbocycles. The van der Waals surface area contributed by atoms with Crippen molar-refractivity contribution < 1.29 is 19.1 Å². The molecule has 0 fully saturated rings. The Hall–Kier alpha value is -3.69. The number of rotatable bonds is 5. The normalized spacial score (nSPS) is 12.0. The zero-order valence-corrected chi connectivity index (χ0v) is 16.1. The minimum atomic E-state index is -1.12. The number of H-pyrrole nitrogens is 1. The smallest absolute Gasteiger partial charge is 0.413 e. The summed E-state index contributed by atoms with van der Waals surface area (Å²) >= 11 is 0. The van der Waals surface area contributed by atoms with E-state index in [0.29, 0.717) is 10.9 Å². The lowest BCUT2D eigenvalue weighted by molar-refractivity contribution is 0.200. The van der Waals surface area contributed by atoms with Crippen LogP contribution in [-0.4, -0.2) is 38.5 Å². The van der Waals surface area contributed by atoms with Gasteiger partial charge in [-0.2, -0.15) is 5.10 Å². The molecule has 9 nitrogen and oxygen atoms in total. The van der Waals surface area contributed by atoms with Crippen molar-refractivity contribution in [2.75, 3.05) is 10.2 Å². The van der Waals surface area contributed by atoms with Crippen LogP contribution in [0.5, 0.6) is 0 Å². The topological polar surface area (TPSA) is 123 Å². The Morgan fingerprint density at radius 3 is 2.52 bits per heavy atom. The number of nitrogens with one attached hydrogen (secondary N) is 3. The number of fused-ring (bicyclic) bond motifs is 1. The molecule has 0 bridgehead atoms. The molecular weight excluding hydrogens is 379 g/mol. The number of amides is 3. The van der Waals surface area contributed by atoms with Crippen molar-refractivity contribution in [1.82, 2.24) is 20.5 Å². The maximum Gasteiger partial charge on any atom is 0.413 e. The van der Waals surface area contributed by atoms with Crippen LogP contribution >= 0.6 is 0 Å². The van der Waals surface area contributed by atoms with Crippen molar-refractivity contribution >= 4 is 34.7 Å². The van der Waals surface area contributed by atoms with E-state index in [1.807, 2.05) is 0 Å². The molecule has 0 unspecified atom stereocenters. The lowest BCUT2D eigenvalue weighted by Gasteiger charge is -2.20. The number of anilines is 2. The first kappa shape index (κ1) is 20.1. The monoisotopic (exact) mass is 400 g/mol. The van der Waals surface area contributed by atoms with Gasteiger partial charge in [0.25, 0.3) is 0 Å². The van der Waals surface area contributed by atoms with E-state index >= 15 is 0 Å². The standard InChI is InChI=1S/C19H21FN6O3/c1-10(2)26(19(28)29)17-14-9-21-16(8-15(14)24-25-17)23-18(27)22-11(3)12-4-6-13(20)7-5-12/h4-11H,1-3H3,(H,24,25)(H,28,29)(H2,21,22,23,27)/t11-/m1/s1. The largest absolute Gasteiger partial charge is 0.465 e. The molecule has 10 heteroatoms. The molecule has 4 N–H and O–H groups in total. The third-order valence-electron chi connectivity index (χ3n) is 4.34. The van der Waals surface area contributed by atoms with E-state index in [4.69, 9.17) is 0 Å². The van der Waals surface area contributed by atoms with Crippen molar-refractivity contribution in [3.63, 3.8) is 0 Å². The Labute approximate surface area is 165 Å². The number of halogens is 1. The van der Waals surface area contributed by atoms with Gasteiger partial charge < -0.3 is 10.4 Å². The van der Waals surface area contributed by atoms with Crippen molar-refractivity contribution in [2.45, 2.75) is 32.9 Å². The summed E-state index contributed by atoms with van der Waals surface area (Å²) in [5.41, 5.74) is 1.29. The number of carbonyl (C=O) groups excluding carboxylic acids is 1. The number of aromatic nitrogens is 3. The Bertz CT molecular complexity index is 1030. The molecular formula is C19H21FN6O3. The van der Waals surface area contributed by atoms with Gasteiger partial charge in [-0.1, -0.05) is 12.1 Å². The summed E-state index contributed by atoms with van der Waals surface area (Å²) in [6.07, 6.45) is 0.329. The Morgan fingerprint density at radius 2 is 1.90 bits per heavy atom. The number of aromatic amines is 1. The lowest BCUT2D eigenvalue weighted by atomic mass is 10.1. The fraction of sp³-hybridized carbons (Fsp3) is 0.263. The summed E-state index contributed by atoms with van der Waals surface area (Å²) in [5, 5.41) is 22.1. The second-order valence-electron chi connectivity index (χ2n) is 6.78. The van der Waals surface area contributed by atoms with Crippen molar-refractivity contribution in [3.8, 4) is 0 Å². The van der Waals surface area contributed by atoms with E-state index in [1.54, 1.807) is 39.0 Å². The number of urea groups is 1. The predicted molar refractivity (Wildman–Crippen MR) is 106 cm³/mol. The molecule has 152 valence electrons. The summed E-state index contributed by atoms with van der Waals surface area (Å²) in [5.74, 6) is 0.166. The molecule has 1 aromatic carbocycles. The molecule has 2 aromatic heterocycles. The lowest BCUT2D eigenvalue weighted by Crippen LogP contribution is -2.36. The van der Waals surface area contributed by atoms with Crippen LogP contribution in [0.25, 0.3) is 10.9 Å². The van der Waals surface area contributed by atoms with Crippen LogP contribution in [0.2, 0.25) is 0 Å². The number of pyridine rings is 1. The molecule has 0 saturated heterocycles. The fourth-order valence-electron chi connectivity index (χ4n) is 2.89. The molecule has 0 spiro atoms. The van der Waals surface area contributed by atoms with E-state index in [2.05, 4.69) is 25.8 Å². The number of carboxylic acid groups (broad SMARTS) is 1. The molecule has 2 heterocycles. The highest BCUT2D eigenvalue weighted by atomic mass is 19.1. The zero-order chi connectivity index (χ0) is 21.1. The maximum absolute atomic E-state index is 13.0. The van der Waals surface area contributed by atoms with Gasteiger partial charge in [0.1, 0.15) is 11.6 Å². The number of hydrogen-bond acceptors (Lipinski definition) is 4. The van der Waals surface area contributed by atoms with E-state index in [-0.39, 0.29) is 29.5 Å². The van der Waals surface area contributed by atoms with Gasteiger partial charge in [0.2, 0.25) is 0 Å². The molecule has 0 aliphatic rings. The summed E-state index contributed by atoms with van der Waals surface area (Å²) in [4.78, 5) is 29.0. The second-order valence-corrected chi connectivity index (χ2v) is 6.78. The molecule has 3 rings (SSSR count). The van der Waals surface area contributed by atoms with Gasteiger partial charge >= 0.3 is 12.1 Å². The Morgan fingerprint density at radius 1 is 1.21 bits per heavy atom. The van der Waals surface area contributed by atoms with Crippen LogP contribution in [0.15, 0.2) is 36.5 Å². The van der Waals surface area contributed by atoms with Crippen molar-refractivity contribution in [1.29, 1.82) is 0 Å². The van der Waals surface area contributed by atoms with Gasteiger partial charge in [0, 0.05) is 18.3 Å². The van der Waals surface area contributed by atoms with Gasteiger partial charge in [-0.25, -0.2) is 19.0 Å². The van der Waals surface area contributed by atoms with E-state index in [0.717, 1.165) is 10.5 Å². The SMILES string of the molecule is CC(C)N(C(=O)O)c1n[nH]c2cc(NC(=O)N[C@H](C)c3ccc(F)cc3)ncc12. The van der Waals surface area contributed by atoms with Gasteiger partial charge in [-0.15, -0.1) is 0 Å². The molecule has 0 aliphatic heterocycles. The minimum Gasteiger partial charge on any atom is -0.465 e. The highest BCUT2D eigenvalue weighted by Gasteiger charge is 2.23. The molecule has 3 aromatic rings. The summed E-state index contributed by atoms with van der Waals surface area (Å²) in [7, 11) is 0. The minimum absolute atomic E-state index is 0.246. The van der Waals surface area contributed by atoms with Gasteiger partial charge in [0.05, 0.1) is 16.9 Å². The van der Waals surface area contributed by atoms with Crippen LogP contribution in [0.3, 0.4) is 0 Å². The van der Waals surface area contributed by atoms with E-state index in [9.17, 15) is 19.1 Å². The average Bonchev–Trinajstić information content (AvgIpc) is 3.04. The quantitative estimate of drug-likeness (QED) is 0.518. The molecule has 1 atom stereocenters. The molecule has 0 radical (unpaired) electrons. The number of carbonyl (C=O) groups is 2. The van der Waals surface area contributed by atoms with Crippen LogP contribution in [-0.2, 0) is 0 Å². The predicted octanol–water partition coefficient (Wildman–Crippen LogP) is 3.87. The first-order chi connectivity index (χ1) is 13.8. The van der Waals surface area contributed by atoms with E-state index in [1.165, 1.54) is 18.3 Å². The Kier molecular flexibility index (Phi) is 5.62. The fourth-order valence-corrected chi connectivity index (χ4v) is 2.89. The molecule has 3 amide bonds. The second kappa shape index (κ2) is 8.13. The van der Waals surface area contributed by atoms with Crippen LogP contribution in [0, 0.1) is 5.82 Å². The molecule has 29 heavy (non-hydrogen) atoms. The molecule has 0 aliphatic carbocycles. The summed E-state index contributed by atoms with van der Waals surface area (Å²) < 4.78 is 13.0. The van der Waals surface area contributed by atoms with Crippen molar-refractivity contribution in [3.05, 3.63) is 47.9 Å². The van der Waals surface area contributed by atoms with E-state index < -0.39 is 12.1 Å². The van der Waals surface area contributed by atoms with Crippen molar-refractivity contribution in [2.24, 2.45) is 0 Å². The van der Waals surface area contributed by atoms with Gasteiger partial charge in [0.15, 0.2) is 5.82 Å². The first-order valence-corrected chi connectivity index (χ1v) is 8.95. The third-order valence-corrected chi connectivity index (χ3v) is 4.34. The number of nitrogens with zero attached hydrogens (tertiary/aromatic N) is 3. The maximum atomic E-state index is 13.0. The van der Waals surface area contributed by atoms with Crippen LogP contribution in [0.1, 0.15) is 32.4 Å². The highest BCUT2D eigenvalue weighted by Crippen LogP contribution is 2.26. The average molecular weight is 400 g/mol. The number of benzene rings is 1. The van der Waals surface area contributed by atoms with Crippen LogP contribution < -0.4 is 15.5 Å². The first-order valence-electron chi connectivity index (χ1n) is 8.95. The van der Waals surface area contributed by atoms with Gasteiger partial charge in [-0.3, -0.25) is 15.3 Å². The van der Waals surface area contributed by atoms with Crippen LogP contribution in [0.4, 0.5) is 25.6 Å². The summed E-state index contributed by atoms with van der Waals surface area (Å²) in [6, 6.07) is 6.28. The summed E-state index contributed by atoms with van der Waals surface area (Å²) in [6.45, 7) is 5.26. The zero-order valence-electron chi connectivity index (χ0n) is 16.1. The Balaban J connectivity index is 1.73. The highest BCUT2D eigenvalue weighted by molar-refractivity contribution is 5.99. The third kappa shape index (κ3) is 4.42.